The highest BCUT2D eigenvalue weighted by atomic mass is 35.5. The first-order valence-corrected chi connectivity index (χ1v) is 6.14. The fourth-order valence-corrected chi connectivity index (χ4v) is 2.18. The van der Waals surface area contributed by atoms with Crippen molar-refractivity contribution in [1.29, 1.82) is 0 Å². The van der Waals surface area contributed by atoms with Crippen LogP contribution < -0.4 is 0 Å². The SMILES string of the molecule is O=C(Cc1ccc(F)cc1F)c1cc(Cl)cc(Cl)c1. The molecule has 0 spiro atoms. The molecule has 0 atom stereocenters. The molecule has 0 amide bonds. The third-order valence-electron chi connectivity index (χ3n) is 2.55. The van der Waals surface area contributed by atoms with Crippen LogP contribution in [-0.2, 0) is 6.42 Å². The minimum atomic E-state index is -0.749. The number of benzene rings is 2. The molecule has 2 rings (SSSR count). The maximum Gasteiger partial charge on any atom is 0.167 e. The molecule has 0 heterocycles. The Kier molecular flexibility index (Phi) is 4.17. The Morgan fingerprint density at radius 1 is 1.00 bits per heavy atom. The average Bonchev–Trinajstić information content (AvgIpc) is 2.31. The second kappa shape index (κ2) is 5.68. The number of rotatable bonds is 3. The van der Waals surface area contributed by atoms with Gasteiger partial charge in [-0.3, -0.25) is 4.79 Å². The van der Waals surface area contributed by atoms with Crippen LogP contribution in [0.5, 0.6) is 0 Å². The van der Waals surface area contributed by atoms with E-state index in [0.717, 1.165) is 12.1 Å². The summed E-state index contributed by atoms with van der Waals surface area (Å²) in [4.78, 5) is 12.0. The molecule has 0 aliphatic rings. The van der Waals surface area contributed by atoms with E-state index in [1.165, 1.54) is 24.3 Å². The number of carbonyl (C=O) groups excluding carboxylic acids is 1. The third-order valence-corrected chi connectivity index (χ3v) is 2.99. The van der Waals surface area contributed by atoms with Crippen molar-refractivity contribution in [3.63, 3.8) is 0 Å². The molecule has 0 N–H and O–H groups in total. The van der Waals surface area contributed by atoms with Gasteiger partial charge >= 0.3 is 0 Å². The molecular weight excluding hydrogens is 293 g/mol. The second-order valence-corrected chi connectivity index (χ2v) is 4.87. The monoisotopic (exact) mass is 300 g/mol. The Morgan fingerprint density at radius 2 is 1.63 bits per heavy atom. The summed E-state index contributed by atoms with van der Waals surface area (Å²) in [7, 11) is 0. The normalized spacial score (nSPS) is 10.5. The van der Waals surface area contributed by atoms with Crippen molar-refractivity contribution < 1.29 is 13.6 Å². The lowest BCUT2D eigenvalue weighted by Crippen LogP contribution is -2.05. The zero-order valence-corrected chi connectivity index (χ0v) is 11.1. The molecule has 0 fully saturated rings. The van der Waals surface area contributed by atoms with Crippen LogP contribution in [-0.4, -0.2) is 5.78 Å². The summed E-state index contributed by atoms with van der Waals surface area (Å²) in [5.41, 5.74) is 0.420. The lowest BCUT2D eigenvalue weighted by molar-refractivity contribution is 0.0991. The fourth-order valence-electron chi connectivity index (χ4n) is 1.65. The van der Waals surface area contributed by atoms with E-state index in [0.29, 0.717) is 15.6 Å². The largest absolute Gasteiger partial charge is 0.294 e. The highest BCUT2D eigenvalue weighted by molar-refractivity contribution is 6.35. The van der Waals surface area contributed by atoms with E-state index in [2.05, 4.69) is 0 Å². The van der Waals surface area contributed by atoms with Crippen LogP contribution in [0.2, 0.25) is 10.0 Å². The van der Waals surface area contributed by atoms with E-state index in [9.17, 15) is 13.6 Å². The first-order chi connectivity index (χ1) is 8.95. The maximum atomic E-state index is 13.4. The summed E-state index contributed by atoms with van der Waals surface area (Å²) in [6, 6.07) is 7.51. The summed E-state index contributed by atoms with van der Waals surface area (Å²) in [5, 5.41) is 0.658. The molecule has 0 saturated heterocycles. The molecule has 0 saturated carbocycles. The molecule has 0 bridgehead atoms. The molecule has 98 valence electrons. The van der Waals surface area contributed by atoms with Crippen LogP contribution in [0.3, 0.4) is 0 Å². The van der Waals surface area contributed by atoms with Crippen LogP contribution in [0.1, 0.15) is 15.9 Å². The van der Waals surface area contributed by atoms with Gasteiger partial charge in [-0.25, -0.2) is 8.78 Å². The topological polar surface area (TPSA) is 17.1 Å². The van der Waals surface area contributed by atoms with Crippen molar-refractivity contribution >= 4 is 29.0 Å². The Bertz CT molecular complexity index is 621. The van der Waals surface area contributed by atoms with Crippen LogP contribution >= 0.6 is 23.2 Å². The first kappa shape index (κ1) is 14.0. The van der Waals surface area contributed by atoms with Crippen molar-refractivity contribution in [1.82, 2.24) is 0 Å². The Morgan fingerprint density at radius 3 is 2.21 bits per heavy atom. The third kappa shape index (κ3) is 3.52. The van der Waals surface area contributed by atoms with Crippen LogP contribution in [0.4, 0.5) is 8.78 Å². The van der Waals surface area contributed by atoms with Gasteiger partial charge < -0.3 is 0 Å². The molecular formula is C14H8Cl2F2O. The van der Waals surface area contributed by atoms with Gasteiger partial charge in [0.2, 0.25) is 0 Å². The summed E-state index contributed by atoms with van der Waals surface area (Å²) >= 11 is 11.6. The lowest BCUT2D eigenvalue weighted by atomic mass is 10.0. The quantitative estimate of drug-likeness (QED) is 0.751. The molecule has 2 aromatic rings. The van der Waals surface area contributed by atoms with Crippen molar-refractivity contribution in [2.45, 2.75) is 6.42 Å². The van der Waals surface area contributed by atoms with Gasteiger partial charge in [0.25, 0.3) is 0 Å². The van der Waals surface area contributed by atoms with Gasteiger partial charge in [0.05, 0.1) is 0 Å². The van der Waals surface area contributed by atoms with Gasteiger partial charge in [-0.2, -0.15) is 0 Å². The number of hydrogen-bond acceptors (Lipinski definition) is 1. The highest BCUT2D eigenvalue weighted by Gasteiger charge is 2.12. The Hall–Kier alpha value is -1.45. The van der Waals surface area contributed by atoms with Crippen molar-refractivity contribution in [2.24, 2.45) is 0 Å². The predicted octanol–water partition coefficient (Wildman–Crippen LogP) is 4.70. The van der Waals surface area contributed by atoms with Crippen molar-refractivity contribution in [2.75, 3.05) is 0 Å². The van der Waals surface area contributed by atoms with Gasteiger partial charge in [0, 0.05) is 28.1 Å². The zero-order valence-electron chi connectivity index (χ0n) is 9.59. The average molecular weight is 301 g/mol. The second-order valence-electron chi connectivity index (χ2n) is 3.99. The van der Waals surface area contributed by atoms with E-state index in [1.54, 1.807) is 0 Å². The maximum absolute atomic E-state index is 13.4. The standard InChI is InChI=1S/C14H8Cl2F2O/c15-10-3-9(4-11(16)6-10)14(19)5-8-1-2-12(17)7-13(8)18/h1-4,6-7H,5H2. The summed E-state index contributed by atoms with van der Waals surface area (Å²) < 4.78 is 26.2. The summed E-state index contributed by atoms with van der Waals surface area (Å²) in [6.45, 7) is 0. The molecule has 0 aromatic heterocycles. The van der Waals surface area contributed by atoms with Crippen molar-refractivity contribution in [3.8, 4) is 0 Å². The number of hydrogen-bond donors (Lipinski definition) is 0. The smallest absolute Gasteiger partial charge is 0.167 e. The lowest BCUT2D eigenvalue weighted by Gasteiger charge is -2.04. The molecule has 0 aliphatic heterocycles. The molecule has 2 aromatic carbocycles. The van der Waals surface area contributed by atoms with Crippen molar-refractivity contribution in [3.05, 3.63) is 69.2 Å². The Labute approximate surface area is 118 Å². The molecule has 0 radical (unpaired) electrons. The summed E-state index contributed by atoms with van der Waals surface area (Å²) in [5.74, 6) is -1.77. The van der Waals surface area contributed by atoms with E-state index < -0.39 is 11.6 Å². The predicted molar refractivity (Wildman–Crippen MR) is 70.9 cm³/mol. The van der Waals surface area contributed by atoms with Gasteiger partial charge in [-0.05, 0) is 29.8 Å². The van der Waals surface area contributed by atoms with E-state index >= 15 is 0 Å². The zero-order chi connectivity index (χ0) is 14.0. The molecule has 0 unspecified atom stereocenters. The molecule has 19 heavy (non-hydrogen) atoms. The Balaban J connectivity index is 2.25. The number of halogens is 4. The molecule has 5 heteroatoms. The summed E-state index contributed by atoms with van der Waals surface area (Å²) in [6.07, 6.45) is -0.178. The van der Waals surface area contributed by atoms with Gasteiger partial charge in [-0.15, -0.1) is 0 Å². The van der Waals surface area contributed by atoms with E-state index in [4.69, 9.17) is 23.2 Å². The minimum Gasteiger partial charge on any atom is -0.294 e. The van der Waals surface area contributed by atoms with Crippen LogP contribution in [0.25, 0.3) is 0 Å². The van der Waals surface area contributed by atoms with Gasteiger partial charge in [-0.1, -0.05) is 29.3 Å². The first-order valence-electron chi connectivity index (χ1n) is 5.39. The number of carbonyl (C=O) groups is 1. The number of ketones is 1. The van der Waals surface area contributed by atoms with Crippen LogP contribution in [0.15, 0.2) is 36.4 Å². The van der Waals surface area contributed by atoms with Gasteiger partial charge in [0.1, 0.15) is 11.6 Å². The number of Topliss-reactive ketones (excluding diaryl/α,β-unsaturated/α-hetero) is 1. The molecule has 1 nitrogen and oxygen atoms in total. The van der Waals surface area contributed by atoms with Crippen LogP contribution in [0, 0.1) is 11.6 Å². The van der Waals surface area contributed by atoms with E-state index in [1.807, 2.05) is 0 Å². The minimum absolute atomic E-state index is 0.127. The van der Waals surface area contributed by atoms with E-state index in [-0.39, 0.29) is 17.8 Å². The fraction of sp³-hybridized carbons (Fsp3) is 0.0714. The van der Waals surface area contributed by atoms with Gasteiger partial charge in [0.15, 0.2) is 5.78 Å². The molecule has 0 aliphatic carbocycles. The highest BCUT2D eigenvalue weighted by Crippen LogP contribution is 2.21.